The Kier molecular flexibility index (Phi) is 2.77. The summed E-state index contributed by atoms with van der Waals surface area (Å²) in [7, 11) is 0. The maximum Gasteiger partial charge on any atom is 0.233 e. The van der Waals surface area contributed by atoms with Gasteiger partial charge in [0.25, 0.3) is 0 Å². The maximum absolute atomic E-state index is 5.57. The van der Waals surface area contributed by atoms with Gasteiger partial charge in [-0.1, -0.05) is 35.5 Å². The fourth-order valence-corrected chi connectivity index (χ4v) is 2.15. The van der Waals surface area contributed by atoms with E-state index in [1.807, 2.05) is 35.7 Å². The molecule has 1 aromatic carbocycles. The van der Waals surface area contributed by atoms with Crippen molar-refractivity contribution in [3.63, 3.8) is 0 Å². The normalized spacial score (nSPS) is 10.7. The number of benzene rings is 1. The summed E-state index contributed by atoms with van der Waals surface area (Å²) >= 11 is 1.40. The van der Waals surface area contributed by atoms with Gasteiger partial charge in [0.1, 0.15) is 0 Å². The molecule has 0 saturated carbocycles. The van der Waals surface area contributed by atoms with E-state index in [-0.39, 0.29) is 0 Å². The van der Waals surface area contributed by atoms with Gasteiger partial charge in [0, 0.05) is 10.9 Å². The van der Waals surface area contributed by atoms with Crippen molar-refractivity contribution >= 4 is 16.5 Å². The zero-order chi connectivity index (χ0) is 12.4. The Morgan fingerprint density at radius 1 is 1.17 bits per heavy atom. The first-order chi connectivity index (χ1) is 8.81. The van der Waals surface area contributed by atoms with Crippen molar-refractivity contribution in [2.75, 3.05) is 5.73 Å². The first-order valence-electron chi connectivity index (χ1n) is 5.39. The second-order valence-corrected chi connectivity index (χ2v) is 4.62. The van der Waals surface area contributed by atoms with Crippen LogP contribution in [0.3, 0.4) is 0 Å². The summed E-state index contributed by atoms with van der Waals surface area (Å²) in [5.74, 6) is 1.13. The van der Waals surface area contributed by atoms with Crippen molar-refractivity contribution in [3.05, 3.63) is 47.3 Å². The maximum atomic E-state index is 5.57. The second kappa shape index (κ2) is 4.58. The number of thiazole rings is 1. The van der Waals surface area contributed by atoms with Crippen LogP contribution in [-0.2, 0) is 6.42 Å². The lowest BCUT2D eigenvalue weighted by Gasteiger charge is -1.90. The highest BCUT2D eigenvalue weighted by Gasteiger charge is 2.10. The van der Waals surface area contributed by atoms with E-state index in [9.17, 15) is 0 Å². The summed E-state index contributed by atoms with van der Waals surface area (Å²) in [5.41, 5.74) is 7.35. The highest BCUT2D eigenvalue weighted by Crippen LogP contribution is 2.18. The molecule has 2 N–H and O–H groups in total. The molecule has 2 aromatic heterocycles. The van der Waals surface area contributed by atoms with Crippen LogP contribution in [0.4, 0.5) is 5.13 Å². The molecule has 0 saturated heterocycles. The van der Waals surface area contributed by atoms with Crippen LogP contribution in [0, 0.1) is 0 Å². The lowest BCUT2D eigenvalue weighted by molar-refractivity contribution is 0.385. The first kappa shape index (κ1) is 10.9. The molecule has 0 amide bonds. The average Bonchev–Trinajstić information content (AvgIpc) is 3.01. The van der Waals surface area contributed by atoms with Gasteiger partial charge >= 0.3 is 0 Å². The van der Waals surface area contributed by atoms with E-state index in [1.165, 1.54) is 11.3 Å². The number of anilines is 1. The molecule has 18 heavy (non-hydrogen) atoms. The third-order valence-electron chi connectivity index (χ3n) is 2.40. The predicted molar refractivity (Wildman–Crippen MR) is 69.1 cm³/mol. The Balaban J connectivity index is 1.82. The van der Waals surface area contributed by atoms with E-state index in [1.54, 1.807) is 0 Å². The Bertz CT molecular complexity index is 647. The molecule has 3 rings (SSSR count). The van der Waals surface area contributed by atoms with Crippen molar-refractivity contribution in [1.82, 2.24) is 15.1 Å². The second-order valence-electron chi connectivity index (χ2n) is 3.73. The van der Waals surface area contributed by atoms with Crippen molar-refractivity contribution in [2.24, 2.45) is 0 Å². The van der Waals surface area contributed by atoms with Crippen LogP contribution < -0.4 is 5.73 Å². The van der Waals surface area contributed by atoms with Crippen LogP contribution in [0.5, 0.6) is 0 Å². The monoisotopic (exact) mass is 258 g/mol. The highest BCUT2D eigenvalue weighted by atomic mass is 32.1. The van der Waals surface area contributed by atoms with Gasteiger partial charge < -0.3 is 10.3 Å². The summed E-state index contributed by atoms with van der Waals surface area (Å²) in [5, 5.41) is 6.39. The van der Waals surface area contributed by atoms with Crippen LogP contribution >= 0.6 is 11.3 Å². The summed E-state index contributed by atoms with van der Waals surface area (Å²) in [6.07, 6.45) is 0.507. The topological polar surface area (TPSA) is 77.8 Å². The lowest BCUT2D eigenvalue weighted by atomic mass is 10.2. The summed E-state index contributed by atoms with van der Waals surface area (Å²) in [4.78, 5) is 8.49. The molecule has 0 unspecified atom stereocenters. The van der Waals surface area contributed by atoms with Gasteiger partial charge in [-0.15, -0.1) is 11.3 Å². The van der Waals surface area contributed by atoms with Crippen molar-refractivity contribution in [2.45, 2.75) is 6.42 Å². The van der Waals surface area contributed by atoms with Gasteiger partial charge in [0.2, 0.25) is 11.7 Å². The minimum atomic E-state index is 0.507. The standard InChI is InChI=1S/C12H10N4OS/c13-12-14-9(7-18-12)6-10-15-11(16-17-10)8-4-2-1-3-5-8/h1-5,7H,6H2,(H2,13,14). The Labute approximate surface area is 107 Å². The van der Waals surface area contributed by atoms with Gasteiger partial charge in [0.15, 0.2) is 5.13 Å². The van der Waals surface area contributed by atoms with E-state index in [0.29, 0.717) is 23.3 Å². The average molecular weight is 258 g/mol. The van der Waals surface area contributed by atoms with Crippen molar-refractivity contribution in [3.8, 4) is 11.4 Å². The Hall–Kier alpha value is -2.21. The Morgan fingerprint density at radius 2 is 2.00 bits per heavy atom. The fourth-order valence-electron chi connectivity index (χ4n) is 1.59. The van der Waals surface area contributed by atoms with Crippen LogP contribution in [0.25, 0.3) is 11.4 Å². The first-order valence-corrected chi connectivity index (χ1v) is 6.27. The molecule has 5 nitrogen and oxygen atoms in total. The number of nitrogens with zero attached hydrogens (tertiary/aromatic N) is 3. The highest BCUT2D eigenvalue weighted by molar-refractivity contribution is 7.13. The minimum absolute atomic E-state index is 0.507. The zero-order valence-electron chi connectivity index (χ0n) is 9.41. The molecule has 6 heteroatoms. The lowest BCUT2D eigenvalue weighted by Crippen LogP contribution is -1.90. The number of aromatic nitrogens is 3. The number of nitrogen functional groups attached to an aromatic ring is 1. The van der Waals surface area contributed by atoms with E-state index in [2.05, 4.69) is 15.1 Å². The largest absolute Gasteiger partial charge is 0.375 e. The van der Waals surface area contributed by atoms with Crippen LogP contribution in [0.2, 0.25) is 0 Å². The van der Waals surface area contributed by atoms with Gasteiger partial charge in [-0.25, -0.2) is 4.98 Å². The molecule has 0 spiro atoms. The molecule has 0 bridgehead atoms. The van der Waals surface area contributed by atoms with Crippen LogP contribution in [0.1, 0.15) is 11.6 Å². The molecule has 0 atom stereocenters. The minimum Gasteiger partial charge on any atom is -0.375 e. The fraction of sp³-hybridized carbons (Fsp3) is 0.0833. The van der Waals surface area contributed by atoms with Gasteiger partial charge in [-0.3, -0.25) is 0 Å². The molecular weight excluding hydrogens is 248 g/mol. The summed E-state index contributed by atoms with van der Waals surface area (Å²) in [6, 6.07) is 9.70. The van der Waals surface area contributed by atoms with E-state index < -0.39 is 0 Å². The molecule has 3 aromatic rings. The predicted octanol–water partition coefficient (Wildman–Crippen LogP) is 2.37. The van der Waals surface area contributed by atoms with E-state index in [4.69, 9.17) is 10.3 Å². The molecule has 0 aliphatic rings. The van der Waals surface area contributed by atoms with Crippen molar-refractivity contribution < 1.29 is 4.52 Å². The SMILES string of the molecule is Nc1nc(Cc2nc(-c3ccccc3)no2)cs1. The summed E-state index contributed by atoms with van der Waals surface area (Å²) in [6.45, 7) is 0. The molecule has 0 fully saturated rings. The van der Waals surface area contributed by atoms with Crippen LogP contribution in [0.15, 0.2) is 40.2 Å². The van der Waals surface area contributed by atoms with Gasteiger partial charge in [0.05, 0.1) is 12.1 Å². The van der Waals surface area contributed by atoms with E-state index in [0.717, 1.165) is 11.3 Å². The molecule has 0 aliphatic heterocycles. The van der Waals surface area contributed by atoms with E-state index >= 15 is 0 Å². The third-order valence-corrected chi connectivity index (χ3v) is 3.12. The molecule has 0 aliphatic carbocycles. The smallest absolute Gasteiger partial charge is 0.233 e. The number of nitrogens with two attached hydrogens (primary N) is 1. The number of hydrogen-bond acceptors (Lipinski definition) is 6. The van der Waals surface area contributed by atoms with Crippen molar-refractivity contribution in [1.29, 1.82) is 0 Å². The molecular formula is C12H10N4OS. The van der Waals surface area contributed by atoms with Gasteiger partial charge in [-0.2, -0.15) is 4.98 Å². The van der Waals surface area contributed by atoms with Gasteiger partial charge in [-0.05, 0) is 0 Å². The summed E-state index contributed by atoms with van der Waals surface area (Å²) < 4.78 is 5.19. The third kappa shape index (κ3) is 2.23. The Morgan fingerprint density at radius 3 is 2.72 bits per heavy atom. The molecule has 0 radical (unpaired) electrons. The number of hydrogen-bond donors (Lipinski definition) is 1. The van der Waals surface area contributed by atoms with Crippen LogP contribution in [-0.4, -0.2) is 15.1 Å². The quantitative estimate of drug-likeness (QED) is 0.780. The zero-order valence-corrected chi connectivity index (χ0v) is 10.2. The molecule has 2 heterocycles. The number of rotatable bonds is 3. The molecule has 90 valence electrons.